The van der Waals surface area contributed by atoms with E-state index in [0.717, 1.165) is 0 Å². The van der Waals surface area contributed by atoms with Crippen LogP contribution in [0.25, 0.3) is 0 Å². The average molecular weight is 264 g/mol. The Morgan fingerprint density at radius 1 is 1.67 bits per heavy atom. The molecule has 1 aromatic rings. The van der Waals surface area contributed by atoms with Gasteiger partial charge in [-0.15, -0.1) is 6.42 Å². The zero-order valence-corrected chi connectivity index (χ0v) is 11.2. The van der Waals surface area contributed by atoms with Crippen molar-refractivity contribution in [2.24, 2.45) is 10.9 Å². The third kappa shape index (κ3) is 3.57. The minimum Gasteiger partial charge on any atom is -0.310 e. The standard InChI is InChI=1S/C13H14ClN3O/c1-5-6-15-12-9(4)16-11(7-10(12)14)17-13(18)8(2)3/h1,6-8H,2-4H3,(H,16,17,18). The van der Waals surface area contributed by atoms with Crippen molar-refractivity contribution in [1.29, 1.82) is 0 Å². The quantitative estimate of drug-likeness (QED) is 0.673. The first kappa shape index (κ1) is 14.2. The average Bonchev–Trinajstić information content (AvgIpc) is 2.27. The lowest BCUT2D eigenvalue weighted by molar-refractivity contribution is -0.118. The van der Waals surface area contributed by atoms with E-state index in [2.05, 4.69) is 21.2 Å². The van der Waals surface area contributed by atoms with Gasteiger partial charge in [-0.25, -0.2) is 9.98 Å². The number of carbonyl (C=O) groups is 1. The fourth-order valence-corrected chi connectivity index (χ4v) is 1.51. The van der Waals surface area contributed by atoms with Crippen LogP contribution < -0.4 is 5.32 Å². The number of terminal acetylenes is 1. The van der Waals surface area contributed by atoms with E-state index in [1.54, 1.807) is 26.8 Å². The molecule has 0 fully saturated rings. The summed E-state index contributed by atoms with van der Waals surface area (Å²) in [6.07, 6.45) is 6.39. The van der Waals surface area contributed by atoms with Gasteiger partial charge in [-0.3, -0.25) is 4.79 Å². The van der Waals surface area contributed by atoms with Crippen LogP contribution in [-0.2, 0) is 4.79 Å². The predicted octanol–water partition coefficient (Wildman–Crippen LogP) is 2.97. The second kappa shape index (κ2) is 6.18. The summed E-state index contributed by atoms with van der Waals surface area (Å²) in [4.78, 5) is 19.8. The fourth-order valence-electron chi connectivity index (χ4n) is 1.22. The molecule has 4 nitrogen and oxygen atoms in total. The molecule has 0 unspecified atom stereocenters. The molecule has 1 rings (SSSR count). The number of nitrogens with zero attached hydrogens (tertiary/aromatic N) is 2. The smallest absolute Gasteiger partial charge is 0.228 e. The molecule has 5 heteroatoms. The van der Waals surface area contributed by atoms with Gasteiger partial charge in [0.15, 0.2) is 0 Å². The molecule has 0 aromatic carbocycles. The molecule has 1 aromatic heterocycles. The van der Waals surface area contributed by atoms with Crippen LogP contribution in [0.5, 0.6) is 0 Å². The minimum absolute atomic E-state index is 0.113. The predicted molar refractivity (Wildman–Crippen MR) is 74.4 cm³/mol. The van der Waals surface area contributed by atoms with Gasteiger partial charge >= 0.3 is 0 Å². The van der Waals surface area contributed by atoms with E-state index >= 15 is 0 Å². The largest absolute Gasteiger partial charge is 0.310 e. The third-order valence-electron chi connectivity index (χ3n) is 2.16. The highest BCUT2D eigenvalue weighted by Crippen LogP contribution is 2.29. The first-order chi connectivity index (χ1) is 8.45. The number of aliphatic imine (C=N–C) groups is 1. The maximum absolute atomic E-state index is 11.5. The molecule has 0 aliphatic carbocycles. The summed E-state index contributed by atoms with van der Waals surface area (Å²) in [5, 5.41) is 3.08. The van der Waals surface area contributed by atoms with Crippen LogP contribution in [0.3, 0.4) is 0 Å². The van der Waals surface area contributed by atoms with Crippen molar-refractivity contribution in [2.45, 2.75) is 20.8 Å². The lowest BCUT2D eigenvalue weighted by Crippen LogP contribution is -2.18. The molecule has 1 heterocycles. The summed E-state index contributed by atoms with van der Waals surface area (Å²) in [5.41, 5.74) is 1.12. The lowest BCUT2D eigenvalue weighted by atomic mass is 10.2. The molecule has 18 heavy (non-hydrogen) atoms. The number of nitrogens with one attached hydrogen (secondary N) is 1. The fraction of sp³-hybridized carbons (Fsp3) is 0.308. The Labute approximate surface area is 111 Å². The monoisotopic (exact) mass is 263 g/mol. The van der Waals surface area contributed by atoms with E-state index in [-0.39, 0.29) is 11.8 Å². The van der Waals surface area contributed by atoms with Crippen molar-refractivity contribution >= 4 is 35.2 Å². The van der Waals surface area contributed by atoms with Crippen LogP contribution >= 0.6 is 11.6 Å². The van der Waals surface area contributed by atoms with Crippen molar-refractivity contribution in [3.63, 3.8) is 0 Å². The molecule has 0 aliphatic heterocycles. The molecule has 1 N–H and O–H groups in total. The number of rotatable bonds is 3. The van der Waals surface area contributed by atoms with E-state index in [0.29, 0.717) is 22.2 Å². The van der Waals surface area contributed by atoms with Crippen LogP contribution in [0, 0.1) is 25.2 Å². The van der Waals surface area contributed by atoms with Gasteiger partial charge in [-0.05, 0) is 6.92 Å². The van der Waals surface area contributed by atoms with Crippen molar-refractivity contribution in [2.75, 3.05) is 5.32 Å². The zero-order valence-electron chi connectivity index (χ0n) is 10.5. The maximum Gasteiger partial charge on any atom is 0.228 e. The summed E-state index contributed by atoms with van der Waals surface area (Å²) in [6, 6.07) is 1.55. The van der Waals surface area contributed by atoms with Crippen LogP contribution in [0.4, 0.5) is 11.5 Å². The van der Waals surface area contributed by atoms with Crippen molar-refractivity contribution in [3.05, 3.63) is 16.8 Å². The molecule has 0 saturated heterocycles. The highest BCUT2D eigenvalue weighted by Gasteiger charge is 2.11. The minimum atomic E-state index is -0.120. The van der Waals surface area contributed by atoms with Gasteiger partial charge in [-0.1, -0.05) is 31.4 Å². The van der Waals surface area contributed by atoms with Crippen LogP contribution in [0.15, 0.2) is 11.1 Å². The Balaban J connectivity index is 3.04. The van der Waals surface area contributed by atoms with E-state index in [1.165, 1.54) is 6.21 Å². The number of amides is 1. The lowest BCUT2D eigenvalue weighted by Gasteiger charge is -2.09. The Morgan fingerprint density at radius 3 is 2.83 bits per heavy atom. The SMILES string of the molecule is C#CC=Nc1c(Cl)cc(NC(=O)C(C)C)nc1C. The van der Waals surface area contributed by atoms with Gasteiger partial charge in [0.1, 0.15) is 11.5 Å². The molecule has 0 radical (unpaired) electrons. The molecule has 0 bridgehead atoms. The van der Waals surface area contributed by atoms with Crippen molar-refractivity contribution < 1.29 is 4.79 Å². The van der Waals surface area contributed by atoms with E-state index in [9.17, 15) is 4.79 Å². The molecule has 0 aliphatic rings. The third-order valence-corrected chi connectivity index (χ3v) is 2.45. The van der Waals surface area contributed by atoms with Gasteiger partial charge in [0.2, 0.25) is 5.91 Å². The first-order valence-electron chi connectivity index (χ1n) is 5.42. The summed E-state index contributed by atoms with van der Waals surface area (Å²) in [7, 11) is 0. The molecular formula is C13H14ClN3O. The molecule has 1 amide bonds. The van der Waals surface area contributed by atoms with Crippen molar-refractivity contribution in [1.82, 2.24) is 4.98 Å². The number of halogens is 1. The highest BCUT2D eigenvalue weighted by molar-refractivity contribution is 6.33. The Hall–Kier alpha value is -1.86. The summed E-state index contributed by atoms with van der Waals surface area (Å²) in [6.45, 7) is 5.35. The summed E-state index contributed by atoms with van der Waals surface area (Å²) in [5.74, 6) is 2.46. The van der Waals surface area contributed by atoms with E-state index in [4.69, 9.17) is 18.0 Å². The molecule has 0 spiro atoms. The Morgan fingerprint density at radius 2 is 2.33 bits per heavy atom. The first-order valence-corrected chi connectivity index (χ1v) is 5.80. The topological polar surface area (TPSA) is 54.4 Å². The summed E-state index contributed by atoms with van der Waals surface area (Å²) < 4.78 is 0. The number of aryl methyl sites for hydroxylation is 1. The van der Waals surface area contributed by atoms with Gasteiger partial charge in [-0.2, -0.15) is 0 Å². The second-order valence-electron chi connectivity index (χ2n) is 3.99. The Kier molecular flexibility index (Phi) is 4.87. The number of carbonyl (C=O) groups excluding carboxylic acids is 1. The zero-order chi connectivity index (χ0) is 13.7. The molecule has 94 valence electrons. The number of anilines is 1. The highest BCUT2D eigenvalue weighted by atomic mass is 35.5. The summed E-state index contributed by atoms with van der Waals surface area (Å²) >= 11 is 6.06. The molecular weight excluding hydrogens is 250 g/mol. The van der Waals surface area contributed by atoms with Crippen LogP contribution in [-0.4, -0.2) is 17.1 Å². The molecule has 0 saturated carbocycles. The van der Waals surface area contributed by atoms with Crippen molar-refractivity contribution in [3.8, 4) is 12.3 Å². The number of hydrogen-bond donors (Lipinski definition) is 1. The number of hydrogen-bond acceptors (Lipinski definition) is 3. The van der Waals surface area contributed by atoms with Gasteiger partial charge in [0.05, 0.1) is 16.9 Å². The normalized spacial score (nSPS) is 10.7. The van der Waals surface area contributed by atoms with E-state index < -0.39 is 0 Å². The van der Waals surface area contributed by atoms with Crippen LogP contribution in [0.1, 0.15) is 19.5 Å². The number of pyridine rings is 1. The Bertz CT molecular complexity index is 507. The number of aromatic nitrogens is 1. The van der Waals surface area contributed by atoms with Gasteiger partial charge in [0, 0.05) is 12.0 Å². The molecule has 0 atom stereocenters. The second-order valence-corrected chi connectivity index (χ2v) is 4.40. The van der Waals surface area contributed by atoms with E-state index in [1.807, 2.05) is 0 Å². The van der Waals surface area contributed by atoms with Crippen LogP contribution in [0.2, 0.25) is 5.02 Å². The van der Waals surface area contributed by atoms with Gasteiger partial charge < -0.3 is 5.32 Å². The maximum atomic E-state index is 11.5. The van der Waals surface area contributed by atoms with Gasteiger partial charge in [0.25, 0.3) is 0 Å².